The Hall–Kier alpha value is -2.03. The van der Waals surface area contributed by atoms with Crippen molar-refractivity contribution in [2.45, 2.75) is 19.5 Å². The lowest BCUT2D eigenvalue weighted by Crippen LogP contribution is -2.46. The molecule has 0 spiro atoms. The third-order valence-electron chi connectivity index (χ3n) is 4.83. The van der Waals surface area contributed by atoms with Crippen LogP contribution in [0.1, 0.15) is 22.3 Å². The van der Waals surface area contributed by atoms with E-state index in [0.717, 1.165) is 48.5 Å². The normalized spacial score (nSPS) is 16.8. The van der Waals surface area contributed by atoms with E-state index in [2.05, 4.69) is 30.5 Å². The molecule has 6 nitrogen and oxygen atoms in total. The van der Waals surface area contributed by atoms with Crippen molar-refractivity contribution in [2.24, 2.45) is 4.99 Å². The Morgan fingerprint density at radius 3 is 2.68 bits per heavy atom. The fraction of sp³-hybridized carbons (Fsp3) is 0.500. The minimum atomic E-state index is -0.216. The van der Waals surface area contributed by atoms with Crippen LogP contribution in [-0.4, -0.2) is 67.7 Å². The van der Waals surface area contributed by atoms with Crippen molar-refractivity contribution < 1.29 is 9.13 Å². The second-order valence-corrected chi connectivity index (χ2v) is 7.92. The highest BCUT2D eigenvalue weighted by Crippen LogP contribution is 2.22. The summed E-state index contributed by atoms with van der Waals surface area (Å²) in [5.74, 6) is 0.595. The van der Waals surface area contributed by atoms with E-state index in [4.69, 9.17) is 4.74 Å². The van der Waals surface area contributed by atoms with E-state index in [1.165, 1.54) is 12.1 Å². The largest absolute Gasteiger partial charge is 0.379 e. The fourth-order valence-electron chi connectivity index (χ4n) is 3.40. The molecule has 2 heterocycles. The van der Waals surface area contributed by atoms with Crippen LogP contribution in [0, 0.1) is 12.7 Å². The van der Waals surface area contributed by atoms with Crippen LogP contribution in [0.5, 0.6) is 0 Å². The van der Waals surface area contributed by atoms with E-state index >= 15 is 0 Å². The van der Waals surface area contributed by atoms with Gasteiger partial charge in [0.1, 0.15) is 5.82 Å². The first-order valence-corrected chi connectivity index (χ1v) is 10.3. The van der Waals surface area contributed by atoms with Gasteiger partial charge >= 0.3 is 0 Å². The quantitative estimate of drug-likeness (QED) is 0.592. The maximum Gasteiger partial charge on any atom is 0.193 e. The third kappa shape index (κ3) is 5.50. The molecule has 1 fully saturated rings. The first-order valence-electron chi connectivity index (χ1n) is 9.47. The molecule has 1 unspecified atom stereocenters. The molecule has 3 rings (SSSR count). The molecule has 152 valence electrons. The molecule has 1 saturated heterocycles. The Labute approximate surface area is 170 Å². The summed E-state index contributed by atoms with van der Waals surface area (Å²) < 4.78 is 18.9. The van der Waals surface area contributed by atoms with Crippen LogP contribution in [0.2, 0.25) is 0 Å². The van der Waals surface area contributed by atoms with Crippen LogP contribution in [0.15, 0.2) is 34.6 Å². The summed E-state index contributed by atoms with van der Waals surface area (Å²) in [5.41, 5.74) is 2.13. The van der Waals surface area contributed by atoms with Crippen LogP contribution >= 0.6 is 11.3 Å². The van der Waals surface area contributed by atoms with Crippen molar-refractivity contribution in [3.05, 3.63) is 51.7 Å². The van der Waals surface area contributed by atoms with Gasteiger partial charge in [0.25, 0.3) is 0 Å². The van der Waals surface area contributed by atoms with Crippen molar-refractivity contribution in [3.63, 3.8) is 0 Å². The van der Waals surface area contributed by atoms with Crippen LogP contribution in [0.25, 0.3) is 0 Å². The first kappa shape index (κ1) is 20.7. The maximum atomic E-state index is 13.4. The molecule has 0 radical (unpaired) electrons. The summed E-state index contributed by atoms with van der Waals surface area (Å²) in [7, 11) is 3.79. The zero-order valence-corrected chi connectivity index (χ0v) is 17.5. The van der Waals surface area contributed by atoms with Gasteiger partial charge < -0.3 is 15.0 Å². The van der Waals surface area contributed by atoms with Crippen molar-refractivity contribution in [2.75, 3.05) is 46.9 Å². The van der Waals surface area contributed by atoms with Gasteiger partial charge in [0, 0.05) is 39.1 Å². The monoisotopic (exact) mass is 405 g/mol. The number of guanidine groups is 1. The minimum Gasteiger partial charge on any atom is -0.379 e. The zero-order valence-electron chi connectivity index (χ0n) is 16.7. The molecule has 1 N–H and O–H groups in total. The predicted octanol–water partition coefficient (Wildman–Crippen LogP) is 2.67. The molecular formula is C20H28FN5OS. The van der Waals surface area contributed by atoms with E-state index in [1.807, 2.05) is 26.1 Å². The fourth-order valence-corrected chi connectivity index (χ4v) is 4.01. The molecule has 1 aliphatic rings. The number of aryl methyl sites for hydroxylation is 1. The lowest BCUT2D eigenvalue weighted by molar-refractivity contribution is 0.0169. The standard InChI is InChI=1S/C20H28FN5OS/c1-15-24-18(14-28-15)13-25(3)20(22-2)23-12-19(26-8-10-27-11-9-26)16-4-6-17(21)7-5-16/h4-7,14,19H,8-13H2,1-3H3,(H,22,23). The van der Waals surface area contributed by atoms with Gasteiger partial charge in [0.15, 0.2) is 5.96 Å². The molecule has 28 heavy (non-hydrogen) atoms. The molecule has 8 heteroatoms. The molecule has 1 aromatic heterocycles. The second kappa shape index (κ2) is 9.95. The summed E-state index contributed by atoms with van der Waals surface area (Å²) in [6.07, 6.45) is 0. The summed E-state index contributed by atoms with van der Waals surface area (Å²) in [6, 6.07) is 6.89. The zero-order chi connectivity index (χ0) is 19.9. The number of aromatic nitrogens is 1. The number of aliphatic imine (C=N–C) groups is 1. The highest BCUT2D eigenvalue weighted by atomic mass is 32.1. The number of nitrogens with zero attached hydrogens (tertiary/aromatic N) is 4. The highest BCUT2D eigenvalue weighted by Gasteiger charge is 2.23. The van der Waals surface area contributed by atoms with Gasteiger partial charge in [-0.1, -0.05) is 12.1 Å². The number of halogens is 1. The van der Waals surface area contributed by atoms with Gasteiger partial charge in [-0.3, -0.25) is 9.89 Å². The van der Waals surface area contributed by atoms with Crippen molar-refractivity contribution in [3.8, 4) is 0 Å². The van der Waals surface area contributed by atoms with Gasteiger partial charge in [-0.25, -0.2) is 9.37 Å². The average molecular weight is 406 g/mol. The smallest absolute Gasteiger partial charge is 0.193 e. The predicted molar refractivity (Wildman–Crippen MR) is 111 cm³/mol. The Morgan fingerprint density at radius 1 is 1.36 bits per heavy atom. The van der Waals surface area contributed by atoms with Crippen molar-refractivity contribution in [1.29, 1.82) is 0 Å². The number of ether oxygens (including phenoxy) is 1. The second-order valence-electron chi connectivity index (χ2n) is 6.86. The van der Waals surface area contributed by atoms with E-state index in [1.54, 1.807) is 18.4 Å². The molecule has 0 aliphatic carbocycles. The lowest BCUT2D eigenvalue weighted by atomic mass is 10.0. The van der Waals surface area contributed by atoms with Gasteiger partial charge in [-0.15, -0.1) is 11.3 Å². The van der Waals surface area contributed by atoms with Crippen molar-refractivity contribution >= 4 is 17.3 Å². The van der Waals surface area contributed by atoms with E-state index in [-0.39, 0.29) is 11.9 Å². The summed E-state index contributed by atoms with van der Waals surface area (Å²) in [6.45, 7) is 6.54. The van der Waals surface area contributed by atoms with E-state index in [0.29, 0.717) is 13.1 Å². The summed E-state index contributed by atoms with van der Waals surface area (Å²) in [5, 5.41) is 6.62. The number of morpholine rings is 1. The summed E-state index contributed by atoms with van der Waals surface area (Å²) in [4.78, 5) is 13.4. The lowest BCUT2D eigenvalue weighted by Gasteiger charge is -2.35. The molecule has 0 bridgehead atoms. The Morgan fingerprint density at radius 2 is 2.07 bits per heavy atom. The molecular weight excluding hydrogens is 377 g/mol. The first-order chi connectivity index (χ1) is 13.6. The van der Waals surface area contributed by atoms with Crippen LogP contribution in [0.3, 0.4) is 0 Å². The topological polar surface area (TPSA) is 53.0 Å². The molecule has 0 saturated carbocycles. The minimum absolute atomic E-state index is 0.121. The van der Waals surface area contributed by atoms with Crippen LogP contribution < -0.4 is 5.32 Å². The third-order valence-corrected chi connectivity index (χ3v) is 5.66. The SMILES string of the molecule is CN=C(NCC(c1ccc(F)cc1)N1CCOCC1)N(C)Cc1csc(C)n1. The van der Waals surface area contributed by atoms with Gasteiger partial charge in [0.2, 0.25) is 0 Å². The van der Waals surface area contributed by atoms with Crippen LogP contribution in [0.4, 0.5) is 4.39 Å². The number of hydrogen-bond acceptors (Lipinski definition) is 5. The van der Waals surface area contributed by atoms with Gasteiger partial charge in [-0.2, -0.15) is 0 Å². The average Bonchev–Trinajstić information content (AvgIpc) is 3.11. The molecule has 1 aliphatic heterocycles. The van der Waals surface area contributed by atoms with E-state index in [9.17, 15) is 4.39 Å². The Bertz CT molecular complexity index is 773. The number of nitrogens with one attached hydrogen (secondary N) is 1. The molecule has 0 amide bonds. The van der Waals surface area contributed by atoms with E-state index < -0.39 is 0 Å². The van der Waals surface area contributed by atoms with Crippen LogP contribution in [-0.2, 0) is 11.3 Å². The Balaban J connectivity index is 1.67. The van der Waals surface area contributed by atoms with Crippen molar-refractivity contribution in [1.82, 2.24) is 20.1 Å². The van der Waals surface area contributed by atoms with Gasteiger partial charge in [0.05, 0.1) is 36.5 Å². The Kier molecular flexibility index (Phi) is 7.36. The molecule has 1 aromatic carbocycles. The number of thiazole rings is 1. The highest BCUT2D eigenvalue weighted by molar-refractivity contribution is 7.09. The molecule has 2 aromatic rings. The number of rotatable bonds is 6. The summed E-state index contributed by atoms with van der Waals surface area (Å²) >= 11 is 1.65. The number of benzene rings is 1. The van der Waals surface area contributed by atoms with Gasteiger partial charge in [-0.05, 0) is 24.6 Å². The molecule has 1 atom stereocenters. The maximum absolute atomic E-state index is 13.4. The number of hydrogen-bond donors (Lipinski definition) is 1.